The summed E-state index contributed by atoms with van der Waals surface area (Å²) in [6.07, 6.45) is 3.07. The van der Waals surface area contributed by atoms with Crippen molar-refractivity contribution >= 4 is 28.9 Å². The molecule has 8 heteroatoms. The fourth-order valence-corrected chi connectivity index (χ4v) is 3.56. The summed E-state index contributed by atoms with van der Waals surface area (Å²) in [6.45, 7) is 5.19. The number of amides is 1. The number of esters is 1. The van der Waals surface area contributed by atoms with Crippen LogP contribution in [0.15, 0.2) is 42.5 Å². The lowest BCUT2D eigenvalue weighted by atomic mass is 10.0. The molecular formula is C23H27N3O5. The summed E-state index contributed by atoms with van der Waals surface area (Å²) in [4.78, 5) is 37.5. The van der Waals surface area contributed by atoms with Crippen LogP contribution in [0, 0.1) is 10.1 Å². The molecule has 0 unspecified atom stereocenters. The zero-order valence-electron chi connectivity index (χ0n) is 17.8. The van der Waals surface area contributed by atoms with Gasteiger partial charge in [-0.2, -0.15) is 0 Å². The Balaban J connectivity index is 1.61. The largest absolute Gasteiger partial charge is 0.452 e. The van der Waals surface area contributed by atoms with Crippen molar-refractivity contribution in [1.29, 1.82) is 0 Å². The number of nitrogens with one attached hydrogen (secondary N) is 1. The number of anilines is 2. The van der Waals surface area contributed by atoms with Crippen LogP contribution < -0.4 is 10.2 Å². The summed E-state index contributed by atoms with van der Waals surface area (Å²) in [5, 5.41) is 14.2. The number of hydrogen-bond acceptors (Lipinski definition) is 6. The van der Waals surface area contributed by atoms with Crippen LogP contribution in [0.5, 0.6) is 0 Å². The van der Waals surface area contributed by atoms with Gasteiger partial charge in [-0.25, -0.2) is 4.79 Å². The van der Waals surface area contributed by atoms with Crippen molar-refractivity contribution < 1.29 is 19.2 Å². The highest BCUT2D eigenvalue weighted by molar-refractivity contribution is 5.96. The fraction of sp³-hybridized carbons (Fsp3) is 0.391. The maximum absolute atomic E-state index is 12.3. The van der Waals surface area contributed by atoms with Gasteiger partial charge in [-0.05, 0) is 55.0 Å². The molecule has 1 saturated heterocycles. The summed E-state index contributed by atoms with van der Waals surface area (Å²) < 4.78 is 5.06. The highest BCUT2D eigenvalue weighted by Crippen LogP contribution is 2.31. The number of carbonyl (C=O) groups is 2. The number of carbonyl (C=O) groups excluding carboxylic acids is 2. The Hall–Kier alpha value is -3.42. The summed E-state index contributed by atoms with van der Waals surface area (Å²) in [6, 6.07) is 11.7. The molecule has 1 aliphatic heterocycles. The molecule has 1 N–H and O–H groups in total. The maximum atomic E-state index is 12.3. The minimum atomic E-state index is -0.779. The van der Waals surface area contributed by atoms with E-state index in [0.717, 1.165) is 37.9 Å². The van der Waals surface area contributed by atoms with Crippen LogP contribution in [0.3, 0.4) is 0 Å². The van der Waals surface area contributed by atoms with E-state index in [9.17, 15) is 19.7 Å². The maximum Gasteiger partial charge on any atom is 0.338 e. The van der Waals surface area contributed by atoms with Crippen LogP contribution >= 0.6 is 0 Å². The molecule has 0 aromatic heterocycles. The predicted molar refractivity (Wildman–Crippen MR) is 119 cm³/mol. The molecule has 1 heterocycles. The Kier molecular flexibility index (Phi) is 7.23. The molecule has 0 spiro atoms. The summed E-state index contributed by atoms with van der Waals surface area (Å²) in [7, 11) is 0. The Morgan fingerprint density at radius 1 is 1.10 bits per heavy atom. The molecular weight excluding hydrogens is 398 g/mol. The van der Waals surface area contributed by atoms with E-state index < -0.39 is 23.4 Å². The second kappa shape index (κ2) is 10.1. The minimum Gasteiger partial charge on any atom is -0.452 e. The van der Waals surface area contributed by atoms with Gasteiger partial charge in [-0.3, -0.25) is 14.9 Å². The number of benzene rings is 2. The number of hydrogen-bond donors (Lipinski definition) is 1. The lowest BCUT2D eigenvalue weighted by Crippen LogP contribution is -2.30. The number of ether oxygens (including phenoxy) is 1. The molecule has 1 fully saturated rings. The molecule has 0 aliphatic carbocycles. The van der Waals surface area contributed by atoms with Crippen LogP contribution in [-0.4, -0.2) is 36.5 Å². The van der Waals surface area contributed by atoms with Gasteiger partial charge >= 0.3 is 5.97 Å². The van der Waals surface area contributed by atoms with Gasteiger partial charge in [0.25, 0.3) is 11.6 Å². The Bertz CT molecular complexity index is 950. The van der Waals surface area contributed by atoms with Crippen LogP contribution in [0.25, 0.3) is 0 Å². The molecule has 164 valence electrons. The lowest BCUT2D eigenvalue weighted by molar-refractivity contribution is -0.384. The molecule has 0 atom stereocenters. The van der Waals surface area contributed by atoms with Gasteiger partial charge in [-0.15, -0.1) is 0 Å². The summed E-state index contributed by atoms with van der Waals surface area (Å²) >= 11 is 0. The third-order valence-corrected chi connectivity index (χ3v) is 5.30. The first-order valence-corrected chi connectivity index (χ1v) is 10.5. The first-order chi connectivity index (χ1) is 14.8. The first-order valence-electron chi connectivity index (χ1n) is 10.5. The number of rotatable bonds is 7. The van der Waals surface area contributed by atoms with E-state index in [1.165, 1.54) is 12.1 Å². The monoisotopic (exact) mass is 425 g/mol. The van der Waals surface area contributed by atoms with Gasteiger partial charge < -0.3 is 15.0 Å². The Morgan fingerprint density at radius 3 is 2.39 bits per heavy atom. The van der Waals surface area contributed by atoms with Crippen molar-refractivity contribution in [3.63, 3.8) is 0 Å². The van der Waals surface area contributed by atoms with Gasteiger partial charge in [-0.1, -0.05) is 26.0 Å². The standard InChI is InChI=1S/C23H27N3O5/c1-16(2)17-6-9-19(10-7-17)24-22(27)15-31-23(28)18-8-11-20(21(14-18)26(29)30)25-12-4-3-5-13-25/h6-11,14,16H,3-5,12-13,15H2,1-2H3,(H,24,27). The third kappa shape index (κ3) is 5.81. The third-order valence-electron chi connectivity index (χ3n) is 5.30. The van der Waals surface area contributed by atoms with E-state index in [0.29, 0.717) is 17.3 Å². The summed E-state index contributed by atoms with van der Waals surface area (Å²) in [5.41, 5.74) is 2.17. The second-order valence-corrected chi connectivity index (χ2v) is 7.91. The van der Waals surface area contributed by atoms with Crippen molar-refractivity contribution in [2.45, 2.75) is 39.0 Å². The molecule has 0 radical (unpaired) electrons. The van der Waals surface area contributed by atoms with Crippen molar-refractivity contribution in [2.24, 2.45) is 0 Å². The average molecular weight is 425 g/mol. The number of nitro benzene ring substituents is 1. The zero-order valence-corrected chi connectivity index (χ0v) is 17.8. The van der Waals surface area contributed by atoms with E-state index >= 15 is 0 Å². The van der Waals surface area contributed by atoms with E-state index in [4.69, 9.17) is 4.74 Å². The molecule has 0 saturated carbocycles. The van der Waals surface area contributed by atoms with E-state index in [1.807, 2.05) is 17.0 Å². The molecule has 2 aromatic carbocycles. The van der Waals surface area contributed by atoms with Crippen molar-refractivity contribution in [1.82, 2.24) is 0 Å². The average Bonchev–Trinajstić information content (AvgIpc) is 2.78. The van der Waals surface area contributed by atoms with E-state index in [-0.39, 0.29) is 11.3 Å². The SMILES string of the molecule is CC(C)c1ccc(NC(=O)COC(=O)c2ccc(N3CCCCC3)c([N+](=O)[O-])c2)cc1. The van der Waals surface area contributed by atoms with Gasteiger partial charge in [0.1, 0.15) is 5.69 Å². The first kappa shape index (κ1) is 22.3. The molecule has 31 heavy (non-hydrogen) atoms. The number of nitrogens with zero attached hydrogens (tertiary/aromatic N) is 2. The highest BCUT2D eigenvalue weighted by atomic mass is 16.6. The highest BCUT2D eigenvalue weighted by Gasteiger charge is 2.23. The van der Waals surface area contributed by atoms with Crippen LogP contribution in [-0.2, 0) is 9.53 Å². The summed E-state index contributed by atoms with van der Waals surface area (Å²) in [5.74, 6) is -0.875. The van der Waals surface area contributed by atoms with Crippen molar-refractivity contribution in [3.8, 4) is 0 Å². The van der Waals surface area contributed by atoms with E-state index in [2.05, 4.69) is 19.2 Å². The van der Waals surface area contributed by atoms with Crippen LogP contribution in [0.4, 0.5) is 17.1 Å². The van der Waals surface area contributed by atoms with Gasteiger partial charge in [0.15, 0.2) is 6.61 Å². The smallest absolute Gasteiger partial charge is 0.338 e. The normalized spacial score (nSPS) is 13.7. The van der Waals surface area contributed by atoms with Crippen molar-refractivity contribution in [2.75, 3.05) is 29.9 Å². The van der Waals surface area contributed by atoms with Gasteiger partial charge in [0.05, 0.1) is 10.5 Å². The van der Waals surface area contributed by atoms with E-state index in [1.54, 1.807) is 18.2 Å². The quantitative estimate of drug-likeness (QED) is 0.398. The topological polar surface area (TPSA) is 102 Å². The predicted octanol–water partition coefficient (Wildman–Crippen LogP) is 4.50. The molecule has 8 nitrogen and oxygen atoms in total. The minimum absolute atomic E-state index is 0.0431. The zero-order chi connectivity index (χ0) is 22.4. The molecule has 1 amide bonds. The lowest BCUT2D eigenvalue weighted by Gasteiger charge is -2.28. The second-order valence-electron chi connectivity index (χ2n) is 7.91. The fourth-order valence-electron chi connectivity index (χ4n) is 3.56. The van der Waals surface area contributed by atoms with Crippen LogP contribution in [0.1, 0.15) is 54.9 Å². The molecule has 0 bridgehead atoms. The molecule has 2 aromatic rings. The van der Waals surface area contributed by atoms with Gasteiger partial charge in [0.2, 0.25) is 0 Å². The van der Waals surface area contributed by atoms with Gasteiger partial charge in [0, 0.05) is 24.8 Å². The van der Waals surface area contributed by atoms with Crippen molar-refractivity contribution in [3.05, 3.63) is 63.7 Å². The number of nitro groups is 1. The molecule has 1 aliphatic rings. The number of piperidine rings is 1. The Morgan fingerprint density at radius 2 is 1.77 bits per heavy atom. The Labute approximate surface area is 181 Å². The molecule has 3 rings (SSSR count). The van der Waals surface area contributed by atoms with Crippen LogP contribution in [0.2, 0.25) is 0 Å².